The smallest absolute Gasteiger partial charge is 0.275 e. The molecule has 0 unspecified atom stereocenters. The highest BCUT2D eigenvalue weighted by Gasteiger charge is 2.13. The topological polar surface area (TPSA) is 64.3 Å². The summed E-state index contributed by atoms with van der Waals surface area (Å²) in [6, 6.07) is 6.06. The van der Waals surface area contributed by atoms with Crippen molar-refractivity contribution in [1.82, 2.24) is 5.43 Å². The van der Waals surface area contributed by atoms with Crippen LogP contribution in [0.5, 0.6) is 5.75 Å². The van der Waals surface area contributed by atoms with Crippen LogP contribution < -0.4 is 16.0 Å². The molecule has 0 bridgehead atoms. The first-order valence-corrected chi connectivity index (χ1v) is 7.19. The molecule has 106 valence electrons. The molecule has 0 radical (unpaired) electrons. The molecule has 1 aromatic carbocycles. The molecule has 1 heterocycles. The van der Waals surface area contributed by atoms with Gasteiger partial charge in [-0.15, -0.1) is 11.3 Å². The van der Waals surface area contributed by atoms with Gasteiger partial charge >= 0.3 is 0 Å². The van der Waals surface area contributed by atoms with Crippen molar-refractivity contribution >= 4 is 17.2 Å². The lowest BCUT2D eigenvalue weighted by atomic mass is 10.1. The van der Waals surface area contributed by atoms with Gasteiger partial charge in [0.2, 0.25) is 0 Å². The first kappa shape index (κ1) is 14.6. The summed E-state index contributed by atoms with van der Waals surface area (Å²) >= 11 is 1.36. The Bertz CT molecular complexity index is 612. The maximum absolute atomic E-state index is 11.6. The first-order valence-electron chi connectivity index (χ1n) is 6.31. The zero-order valence-corrected chi connectivity index (χ0v) is 12.6. The van der Waals surface area contributed by atoms with Gasteiger partial charge in [-0.2, -0.15) is 0 Å². The minimum Gasteiger partial charge on any atom is -0.488 e. The molecule has 0 atom stereocenters. The largest absolute Gasteiger partial charge is 0.488 e. The standard InChI is InChI=1S/C15H18N2O2S/c1-9-6-10(2)13(11(3)7-9)19-8-12-4-5-20-14(12)15(18)17-16/h4-7H,8,16H2,1-3H3,(H,17,18). The van der Waals surface area contributed by atoms with Gasteiger partial charge in [0.25, 0.3) is 5.91 Å². The predicted molar refractivity (Wildman–Crippen MR) is 81.0 cm³/mol. The van der Waals surface area contributed by atoms with Gasteiger partial charge in [0, 0.05) is 5.56 Å². The highest BCUT2D eigenvalue weighted by atomic mass is 32.1. The molecular weight excluding hydrogens is 272 g/mol. The molecule has 4 nitrogen and oxygen atoms in total. The molecule has 20 heavy (non-hydrogen) atoms. The fourth-order valence-corrected chi connectivity index (χ4v) is 3.07. The third kappa shape index (κ3) is 3.00. The molecule has 0 fully saturated rings. The number of hydrogen-bond acceptors (Lipinski definition) is 4. The molecule has 2 rings (SSSR count). The molecule has 1 amide bonds. The van der Waals surface area contributed by atoms with E-state index in [-0.39, 0.29) is 5.91 Å². The van der Waals surface area contributed by atoms with Crippen LogP contribution in [-0.4, -0.2) is 5.91 Å². The zero-order valence-electron chi connectivity index (χ0n) is 11.8. The van der Waals surface area contributed by atoms with Crippen LogP contribution in [0.25, 0.3) is 0 Å². The van der Waals surface area contributed by atoms with Crippen LogP contribution in [0.2, 0.25) is 0 Å². The number of rotatable bonds is 4. The molecule has 0 spiro atoms. The van der Waals surface area contributed by atoms with E-state index in [0.717, 1.165) is 22.4 Å². The third-order valence-corrected chi connectivity index (χ3v) is 4.02. The second-order valence-corrected chi connectivity index (χ2v) is 5.68. The monoisotopic (exact) mass is 290 g/mol. The molecule has 0 saturated heterocycles. The van der Waals surface area contributed by atoms with E-state index >= 15 is 0 Å². The van der Waals surface area contributed by atoms with Gasteiger partial charge in [0.05, 0.1) is 4.88 Å². The van der Waals surface area contributed by atoms with Crippen molar-refractivity contribution in [3.8, 4) is 5.75 Å². The van der Waals surface area contributed by atoms with E-state index in [0.29, 0.717) is 11.5 Å². The number of amides is 1. The van der Waals surface area contributed by atoms with E-state index in [1.54, 1.807) is 0 Å². The fourth-order valence-electron chi connectivity index (χ4n) is 2.26. The van der Waals surface area contributed by atoms with Crippen molar-refractivity contribution in [3.63, 3.8) is 0 Å². The number of hydrogen-bond donors (Lipinski definition) is 2. The number of carbonyl (C=O) groups excluding carboxylic acids is 1. The molecule has 2 aromatic rings. The summed E-state index contributed by atoms with van der Waals surface area (Å²) in [7, 11) is 0. The summed E-state index contributed by atoms with van der Waals surface area (Å²) in [5, 5.41) is 1.86. The van der Waals surface area contributed by atoms with Crippen molar-refractivity contribution in [2.45, 2.75) is 27.4 Å². The average Bonchev–Trinajstić information content (AvgIpc) is 2.85. The number of ether oxygens (including phenoxy) is 1. The lowest BCUT2D eigenvalue weighted by Crippen LogP contribution is -2.30. The Morgan fingerprint density at radius 3 is 2.55 bits per heavy atom. The van der Waals surface area contributed by atoms with Crippen molar-refractivity contribution in [1.29, 1.82) is 0 Å². The summed E-state index contributed by atoms with van der Waals surface area (Å²) in [6.07, 6.45) is 0. The predicted octanol–water partition coefficient (Wildman–Crippen LogP) is 2.86. The third-order valence-electron chi connectivity index (χ3n) is 3.06. The maximum atomic E-state index is 11.6. The molecule has 0 aliphatic rings. The Hall–Kier alpha value is -1.85. The highest BCUT2D eigenvalue weighted by molar-refractivity contribution is 7.12. The second-order valence-electron chi connectivity index (χ2n) is 4.76. The molecule has 0 aliphatic carbocycles. The summed E-state index contributed by atoms with van der Waals surface area (Å²) in [4.78, 5) is 12.2. The number of nitrogens with two attached hydrogens (primary N) is 1. The van der Waals surface area contributed by atoms with E-state index in [1.165, 1.54) is 16.9 Å². The van der Waals surface area contributed by atoms with Gasteiger partial charge in [-0.3, -0.25) is 10.2 Å². The Labute approximate surface area is 122 Å². The summed E-state index contributed by atoms with van der Waals surface area (Å²) < 4.78 is 5.89. The van der Waals surface area contributed by atoms with E-state index in [9.17, 15) is 4.79 Å². The van der Waals surface area contributed by atoms with Crippen LogP contribution in [0.1, 0.15) is 31.9 Å². The fraction of sp³-hybridized carbons (Fsp3) is 0.267. The molecular formula is C15H18N2O2S. The number of hydrazine groups is 1. The first-order chi connectivity index (χ1) is 9.52. The number of benzene rings is 1. The van der Waals surface area contributed by atoms with Gasteiger partial charge in [-0.1, -0.05) is 17.7 Å². The zero-order chi connectivity index (χ0) is 14.7. The van der Waals surface area contributed by atoms with Crippen LogP contribution in [0, 0.1) is 20.8 Å². The van der Waals surface area contributed by atoms with Crippen LogP contribution in [-0.2, 0) is 6.61 Å². The molecule has 0 saturated carbocycles. The average molecular weight is 290 g/mol. The number of aryl methyl sites for hydroxylation is 3. The van der Waals surface area contributed by atoms with Crippen molar-refractivity contribution < 1.29 is 9.53 Å². The number of nitrogen functional groups attached to an aromatic ring is 1. The summed E-state index contributed by atoms with van der Waals surface area (Å²) in [5.41, 5.74) is 6.41. The SMILES string of the molecule is Cc1cc(C)c(OCc2ccsc2C(=O)NN)c(C)c1. The lowest BCUT2D eigenvalue weighted by molar-refractivity contribution is 0.0955. The number of thiophene rings is 1. The van der Waals surface area contributed by atoms with E-state index in [4.69, 9.17) is 10.6 Å². The van der Waals surface area contributed by atoms with Gasteiger partial charge in [0.15, 0.2) is 0 Å². The lowest BCUT2D eigenvalue weighted by Gasteiger charge is -2.13. The quantitative estimate of drug-likeness (QED) is 0.517. The van der Waals surface area contributed by atoms with Crippen LogP contribution in [0.15, 0.2) is 23.6 Å². The van der Waals surface area contributed by atoms with Crippen molar-refractivity contribution in [2.75, 3.05) is 0 Å². The number of carbonyl (C=O) groups is 1. The van der Waals surface area contributed by atoms with Gasteiger partial charge < -0.3 is 4.74 Å². The van der Waals surface area contributed by atoms with Crippen LogP contribution in [0.3, 0.4) is 0 Å². The van der Waals surface area contributed by atoms with Gasteiger partial charge in [-0.05, 0) is 43.3 Å². The Morgan fingerprint density at radius 2 is 1.95 bits per heavy atom. The van der Waals surface area contributed by atoms with Gasteiger partial charge in [-0.25, -0.2) is 5.84 Å². The number of nitrogens with one attached hydrogen (secondary N) is 1. The Balaban J connectivity index is 2.18. The van der Waals surface area contributed by atoms with Crippen molar-refractivity contribution in [3.05, 3.63) is 50.7 Å². The van der Waals surface area contributed by atoms with Crippen LogP contribution >= 0.6 is 11.3 Å². The summed E-state index contributed by atoms with van der Waals surface area (Å²) in [5.74, 6) is 5.76. The van der Waals surface area contributed by atoms with E-state index < -0.39 is 0 Å². The normalized spacial score (nSPS) is 10.4. The molecule has 0 aliphatic heterocycles. The Kier molecular flexibility index (Phi) is 4.42. The molecule has 1 aromatic heterocycles. The highest BCUT2D eigenvalue weighted by Crippen LogP contribution is 2.26. The minimum atomic E-state index is -0.282. The van der Waals surface area contributed by atoms with Gasteiger partial charge in [0.1, 0.15) is 12.4 Å². The minimum absolute atomic E-state index is 0.282. The maximum Gasteiger partial charge on any atom is 0.275 e. The van der Waals surface area contributed by atoms with E-state index in [2.05, 4.69) is 24.5 Å². The second kappa shape index (κ2) is 6.07. The van der Waals surface area contributed by atoms with Crippen LogP contribution in [0.4, 0.5) is 0 Å². The summed E-state index contributed by atoms with van der Waals surface area (Å²) in [6.45, 7) is 6.47. The van der Waals surface area contributed by atoms with Crippen molar-refractivity contribution in [2.24, 2.45) is 5.84 Å². The Morgan fingerprint density at radius 1 is 1.30 bits per heavy atom. The molecule has 3 N–H and O–H groups in total. The molecule has 5 heteroatoms. The van der Waals surface area contributed by atoms with E-state index in [1.807, 2.05) is 25.3 Å².